The number of benzene rings is 1. The van der Waals surface area contributed by atoms with Gasteiger partial charge in [0.2, 0.25) is 0 Å². The Morgan fingerprint density at radius 2 is 2.04 bits per heavy atom. The van der Waals surface area contributed by atoms with Crippen LogP contribution in [0.15, 0.2) is 36.5 Å². The zero-order chi connectivity index (χ0) is 18.5. The van der Waals surface area contributed by atoms with Crippen molar-refractivity contribution in [2.45, 2.75) is 6.54 Å². The van der Waals surface area contributed by atoms with E-state index in [2.05, 4.69) is 27.1 Å². The fourth-order valence-corrected chi connectivity index (χ4v) is 3.16. The third-order valence-electron chi connectivity index (χ3n) is 4.52. The predicted octanol–water partition coefficient (Wildman–Crippen LogP) is 2.43. The van der Waals surface area contributed by atoms with Gasteiger partial charge in [0, 0.05) is 49.5 Å². The molecule has 0 spiro atoms. The standard InChI is InChI=1S/C19H23ClN4O2/c1-23-8-10-24(11-9-23)18-14(4-3-7-21-18)13-22-19(25)16-6-5-15(20)12-17(16)26-2/h3-7,12H,8-11,13H2,1-2H3,(H,22,25). The molecule has 7 heteroatoms. The van der Waals surface area contributed by atoms with Crippen molar-refractivity contribution in [3.05, 3.63) is 52.7 Å². The maximum atomic E-state index is 12.6. The number of amides is 1. The van der Waals surface area contributed by atoms with Gasteiger partial charge in [-0.05, 0) is 31.3 Å². The molecule has 2 heterocycles. The van der Waals surface area contributed by atoms with Crippen LogP contribution in [0.1, 0.15) is 15.9 Å². The number of ether oxygens (including phenoxy) is 1. The zero-order valence-corrected chi connectivity index (χ0v) is 15.8. The summed E-state index contributed by atoms with van der Waals surface area (Å²) < 4.78 is 5.26. The first-order valence-electron chi connectivity index (χ1n) is 8.57. The molecule has 1 fully saturated rings. The van der Waals surface area contributed by atoms with E-state index < -0.39 is 0 Å². The molecule has 1 aromatic carbocycles. The molecule has 1 aromatic heterocycles. The van der Waals surface area contributed by atoms with Crippen LogP contribution in [-0.4, -0.2) is 56.1 Å². The fourth-order valence-electron chi connectivity index (χ4n) is 2.99. The molecule has 1 N–H and O–H groups in total. The van der Waals surface area contributed by atoms with Crippen molar-refractivity contribution in [1.82, 2.24) is 15.2 Å². The minimum atomic E-state index is -0.202. The summed E-state index contributed by atoms with van der Waals surface area (Å²) in [6, 6.07) is 8.88. The van der Waals surface area contributed by atoms with Crippen LogP contribution >= 0.6 is 11.6 Å². The summed E-state index contributed by atoms with van der Waals surface area (Å²) in [6.07, 6.45) is 1.79. The topological polar surface area (TPSA) is 57.7 Å². The molecular weight excluding hydrogens is 352 g/mol. The summed E-state index contributed by atoms with van der Waals surface area (Å²) in [4.78, 5) is 21.7. The van der Waals surface area contributed by atoms with Crippen molar-refractivity contribution in [2.24, 2.45) is 0 Å². The molecular formula is C19H23ClN4O2. The lowest BCUT2D eigenvalue weighted by atomic mass is 10.1. The predicted molar refractivity (Wildman–Crippen MR) is 103 cm³/mol. The van der Waals surface area contributed by atoms with E-state index in [9.17, 15) is 4.79 Å². The Bertz CT molecular complexity index is 776. The Labute approximate surface area is 158 Å². The maximum absolute atomic E-state index is 12.6. The first-order chi connectivity index (χ1) is 12.6. The lowest BCUT2D eigenvalue weighted by Gasteiger charge is -2.34. The van der Waals surface area contributed by atoms with E-state index >= 15 is 0 Å². The quantitative estimate of drug-likeness (QED) is 0.871. The van der Waals surface area contributed by atoms with Crippen molar-refractivity contribution < 1.29 is 9.53 Å². The molecule has 0 radical (unpaired) electrons. The van der Waals surface area contributed by atoms with Crippen LogP contribution in [0, 0.1) is 0 Å². The average molecular weight is 375 g/mol. The summed E-state index contributed by atoms with van der Waals surface area (Å²) in [6.45, 7) is 4.27. The number of nitrogens with zero attached hydrogens (tertiary/aromatic N) is 3. The third kappa shape index (κ3) is 4.26. The Hall–Kier alpha value is -2.31. The van der Waals surface area contributed by atoms with Crippen LogP contribution in [0.3, 0.4) is 0 Å². The Balaban J connectivity index is 1.71. The number of methoxy groups -OCH3 is 1. The molecule has 1 aliphatic heterocycles. The molecule has 1 saturated heterocycles. The van der Waals surface area contributed by atoms with E-state index in [0.29, 0.717) is 22.9 Å². The second kappa shape index (κ2) is 8.38. The van der Waals surface area contributed by atoms with Gasteiger partial charge in [0.25, 0.3) is 5.91 Å². The minimum absolute atomic E-state index is 0.202. The number of piperazine rings is 1. The van der Waals surface area contributed by atoms with Gasteiger partial charge in [-0.15, -0.1) is 0 Å². The molecule has 1 amide bonds. The van der Waals surface area contributed by atoms with Crippen molar-refractivity contribution in [1.29, 1.82) is 0 Å². The monoisotopic (exact) mass is 374 g/mol. The molecule has 0 aliphatic carbocycles. The SMILES string of the molecule is COc1cc(Cl)ccc1C(=O)NCc1cccnc1N1CCN(C)CC1. The molecule has 0 atom stereocenters. The van der Waals surface area contributed by atoms with Crippen LogP contribution in [0.4, 0.5) is 5.82 Å². The number of pyridine rings is 1. The van der Waals surface area contributed by atoms with Crippen LogP contribution in [0.2, 0.25) is 5.02 Å². The third-order valence-corrected chi connectivity index (χ3v) is 4.75. The maximum Gasteiger partial charge on any atom is 0.255 e. The van der Waals surface area contributed by atoms with Gasteiger partial charge < -0.3 is 19.9 Å². The summed E-state index contributed by atoms with van der Waals surface area (Å²) in [5.41, 5.74) is 1.46. The van der Waals surface area contributed by atoms with Crippen LogP contribution in [0.25, 0.3) is 0 Å². The van der Waals surface area contributed by atoms with Gasteiger partial charge in [-0.1, -0.05) is 17.7 Å². The summed E-state index contributed by atoms with van der Waals surface area (Å²) in [7, 11) is 3.64. The molecule has 3 rings (SSSR count). The van der Waals surface area contributed by atoms with Crippen LogP contribution < -0.4 is 15.0 Å². The first-order valence-corrected chi connectivity index (χ1v) is 8.95. The van der Waals surface area contributed by atoms with Gasteiger partial charge in [-0.2, -0.15) is 0 Å². The van der Waals surface area contributed by atoms with E-state index in [1.807, 2.05) is 12.1 Å². The number of hydrogen-bond acceptors (Lipinski definition) is 5. The lowest BCUT2D eigenvalue weighted by molar-refractivity contribution is 0.0948. The molecule has 0 unspecified atom stereocenters. The van der Waals surface area contributed by atoms with Gasteiger partial charge in [0.05, 0.1) is 12.7 Å². The molecule has 6 nitrogen and oxygen atoms in total. The molecule has 0 saturated carbocycles. The van der Waals surface area contributed by atoms with Gasteiger partial charge in [-0.25, -0.2) is 4.98 Å². The highest BCUT2D eigenvalue weighted by Crippen LogP contribution is 2.23. The van der Waals surface area contributed by atoms with Gasteiger partial charge in [0.15, 0.2) is 0 Å². The normalized spacial score (nSPS) is 15.0. The highest BCUT2D eigenvalue weighted by atomic mass is 35.5. The minimum Gasteiger partial charge on any atom is -0.496 e. The summed E-state index contributed by atoms with van der Waals surface area (Å²) >= 11 is 5.96. The lowest BCUT2D eigenvalue weighted by Crippen LogP contribution is -2.45. The van der Waals surface area contributed by atoms with Gasteiger partial charge in [-0.3, -0.25) is 4.79 Å². The molecule has 138 valence electrons. The number of carbonyl (C=O) groups is 1. The first kappa shape index (κ1) is 18.5. The highest BCUT2D eigenvalue weighted by molar-refractivity contribution is 6.30. The number of carbonyl (C=O) groups excluding carboxylic acids is 1. The highest BCUT2D eigenvalue weighted by Gasteiger charge is 2.19. The van der Waals surface area contributed by atoms with Crippen molar-refractivity contribution in [3.8, 4) is 5.75 Å². The van der Waals surface area contributed by atoms with Gasteiger partial charge in [0.1, 0.15) is 11.6 Å². The Morgan fingerprint density at radius 3 is 2.77 bits per heavy atom. The Morgan fingerprint density at radius 1 is 1.27 bits per heavy atom. The fraction of sp³-hybridized carbons (Fsp3) is 0.368. The average Bonchev–Trinajstić information content (AvgIpc) is 2.67. The number of halogens is 1. The molecule has 2 aromatic rings. The van der Waals surface area contributed by atoms with Crippen molar-refractivity contribution >= 4 is 23.3 Å². The van der Waals surface area contributed by atoms with Crippen molar-refractivity contribution in [2.75, 3.05) is 45.2 Å². The van der Waals surface area contributed by atoms with Crippen LogP contribution in [0.5, 0.6) is 5.75 Å². The number of likely N-dealkylation sites (N-methyl/N-ethyl adjacent to an activating group) is 1. The second-order valence-electron chi connectivity index (χ2n) is 6.30. The Kier molecular flexibility index (Phi) is 5.96. The van der Waals surface area contributed by atoms with E-state index in [-0.39, 0.29) is 5.91 Å². The van der Waals surface area contributed by atoms with Crippen LogP contribution in [-0.2, 0) is 6.54 Å². The van der Waals surface area contributed by atoms with E-state index in [4.69, 9.17) is 16.3 Å². The molecule has 1 aliphatic rings. The number of aromatic nitrogens is 1. The largest absolute Gasteiger partial charge is 0.496 e. The molecule has 26 heavy (non-hydrogen) atoms. The molecule has 0 bridgehead atoms. The zero-order valence-electron chi connectivity index (χ0n) is 15.0. The number of anilines is 1. The number of hydrogen-bond donors (Lipinski definition) is 1. The number of nitrogens with one attached hydrogen (secondary N) is 1. The summed E-state index contributed by atoms with van der Waals surface area (Å²) in [5.74, 6) is 1.19. The van der Waals surface area contributed by atoms with E-state index in [0.717, 1.165) is 37.6 Å². The number of rotatable bonds is 5. The smallest absolute Gasteiger partial charge is 0.255 e. The summed E-state index contributed by atoms with van der Waals surface area (Å²) in [5, 5.41) is 3.49. The van der Waals surface area contributed by atoms with Gasteiger partial charge >= 0.3 is 0 Å². The van der Waals surface area contributed by atoms with E-state index in [1.54, 1.807) is 24.4 Å². The van der Waals surface area contributed by atoms with E-state index in [1.165, 1.54) is 7.11 Å². The second-order valence-corrected chi connectivity index (χ2v) is 6.74. The van der Waals surface area contributed by atoms with Crippen molar-refractivity contribution in [3.63, 3.8) is 0 Å².